The van der Waals surface area contributed by atoms with E-state index in [1.807, 2.05) is 25.1 Å². The second kappa shape index (κ2) is 5.12. The van der Waals surface area contributed by atoms with Crippen LogP contribution in [0.3, 0.4) is 0 Å². The Kier molecular flexibility index (Phi) is 3.55. The van der Waals surface area contributed by atoms with E-state index < -0.39 is 0 Å². The van der Waals surface area contributed by atoms with Crippen LogP contribution in [0.4, 0.5) is 5.82 Å². The number of nitrogens with two attached hydrogens (primary N) is 1. The van der Waals surface area contributed by atoms with E-state index >= 15 is 0 Å². The van der Waals surface area contributed by atoms with Gasteiger partial charge in [0.2, 0.25) is 0 Å². The van der Waals surface area contributed by atoms with E-state index in [4.69, 9.17) is 15.0 Å². The number of rotatable bonds is 4. The predicted molar refractivity (Wildman–Crippen MR) is 71.6 cm³/mol. The van der Waals surface area contributed by atoms with E-state index in [9.17, 15) is 0 Å². The number of anilines is 1. The number of hydrogen-bond donors (Lipinski definition) is 1. The van der Waals surface area contributed by atoms with Gasteiger partial charge in [0, 0.05) is 12.0 Å². The van der Waals surface area contributed by atoms with Gasteiger partial charge < -0.3 is 15.0 Å². The minimum absolute atomic E-state index is 0.419. The highest BCUT2D eigenvalue weighted by Crippen LogP contribution is 2.37. The quantitative estimate of drug-likeness (QED) is 0.899. The van der Waals surface area contributed by atoms with Gasteiger partial charge in [-0.15, -0.1) is 0 Å². The topological polar surface area (TPSA) is 61.3 Å². The molecule has 1 aromatic heterocycles. The van der Waals surface area contributed by atoms with Gasteiger partial charge in [-0.25, -0.2) is 0 Å². The van der Waals surface area contributed by atoms with Crippen LogP contribution in [0, 0.1) is 6.92 Å². The summed E-state index contributed by atoms with van der Waals surface area (Å²) in [6, 6.07) is 5.99. The first kappa shape index (κ1) is 12.5. The molecule has 1 heterocycles. The van der Waals surface area contributed by atoms with E-state index in [0.717, 1.165) is 41.0 Å². The number of aryl methyl sites for hydroxylation is 2. The summed E-state index contributed by atoms with van der Waals surface area (Å²) in [4.78, 5) is 0. The minimum atomic E-state index is 0.419. The number of hydrogen-bond acceptors (Lipinski definition) is 4. The highest BCUT2D eigenvalue weighted by molar-refractivity contribution is 5.80. The van der Waals surface area contributed by atoms with E-state index in [1.54, 1.807) is 7.11 Å². The molecule has 0 saturated heterocycles. The summed E-state index contributed by atoms with van der Waals surface area (Å²) in [5.74, 6) is 2.02. The molecule has 2 aromatic rings. The van der Waals surface area contributed by atoms with E-state index in [0.29, 0.717) is 5.82 Å². The van der Waals surface area contributed by atoms with Crippen molar-refractivity contribution < 1.29 is 9.26 Å². The number of methoxy groups -OCH3 is 1. The number of nitrogen functional groups attached to an aromatic ring is 1. The fourth-order valence-electron chi connectivity index (χ4n) is 2.04. The smallest absolute Gasteiger partial charge is 0.175 e. The van der Waals surface area contributed by atoms with Crippen molar-refractivity contribution in [2.45, 2.75) is 26.7 Å². The molecule has 0 bridgehead atoms. The van der Waals surface area contributed by atoms with Gasteiger partial charge in [0.1, 0.15) is 11.5 Å². The molecular formula is C14H18N2O2. The molecule has 0 fully saturated rings. The zero-order chi connectivity index (χ0) is 13.1. The zero-order valence-electron chi connectivity index (χ0n) is 11.0. The molecule has 0 spiro atoms. The van der Waals surface area contributed by atoms with Crippen molar-refractivity contribution in [3.8, 4) is 16.9 Å². The standard InChI is InChI=1S/C14H18N2O2/c1-4-5-12-13(14(15)16-18-12)10-8-9(2)6-7-11(10)17-3/h6-8H,4-5H2,1-3H3,(H2,15,16). The van der Waals surface area contributed by atoms with Gasteiger partial charge in [0.05, 0.1) is 12.7 Å². The first-order valence-electron chi connectivity index (χ1n) is 6.06. The maximum Gasteiger partial charge on any atom is 0.175 e. The molecule has 0 aliphatic rings. The third-order valence-electron chi connectivity index (χ3n) is 2.89. The molecule has 2 N–H and O–H groups in total. The normalized spacial score (nSPS) is 10.6. The van der Waals surface area contributed by atoms with E-state index in [-0.39, 0.29) is 0 Å². The van der Waals surface area contributed by atoms with Crippen LogP contribution in [0.5, 0.6) is 5.75 Å². The molecule has 0 radical (unpaired) electrons. The molecule has 2 rings (SSSR count). The highest BCUT2D eigenvalue weighted by atomic mass is 16.5. The fourth-order valence-corrected chi connectivity index (χ4v) is 2.04. The lowest BCUT2D eigenvalue weighted by atomic mass is 10.0. The van der Waals surface area contributed by atoms with Gasteiger partial charge in [-0.3, -0.25) is 0 Å². The van der Waals surface area contributed by atoms with Crippen LogP contribution in [0.1, 0.15) is 24.7 Å². The van der Waals surface area contributed by atoms with Crippen LogP contribution < -0.4 is 10.5 Å². The van der Waals surface area contributed by atoms with Gasteiger partial charge in [0.25, 0.3) is 0 Å². The molecule has 0 aliphatic carbocycles. The van der Waals surface area contributed by atoms with Crippen molar-refractivity contribution in [3.63, 3.8) is 0 Å². The Morgan fingerprint density at radius 1 is 1.39 bits per heavy atom. The number of nitrogens with zero attached hydrogens (tertiary/aromatic N) is 1. The van der Waals surface area contributed by atoms with Gasteiger partial charge in [0.15, 0.2) is 5.82 Å². The van der Waals surface area contributed by atoms with Crippen LogP contribution in [0.2, 0.25) is 0 Å². The summed E-state index contributed by atoms with van der Waals surface area (Å²) in [5.41, 5.74) is 8.87. The van der Waals surface area contributed by atoms with Crippen LogP contribution >= 0.6 is 0 Å². The molecule has 0 saturated carbocycles. The Morgan fingerprint density at radius 3 is 2.83 bits per heavy atom. The van der Waals surface area contributed by atoms with Gasteiger partial charge in [-0.2, -0.15) is 0 Å². The maximum absolute atomic E-state index is 5.92. The Balaban J connectivity index is 2.60. The van der Waals surface area contributed by atoms with Crippen molar-refractivity contribution in [1.82, 2.24) is 5.16 Å². The fraction of sp³-hybridized carbons (Fsp3) is 0.357. The van der Waals surface area contributed by atoms with Crippen molar-refractivity contribution in [2.75, 3.05) is 12.8 Å². The molecule has 0 atom stereocenters. The Morgan fingerprint density at radius 2 is 2.17 bits per heavy atom. The average molecular weight is 246 g/mol. The third kappa shape index (κ3) is 2.18. The second-order valence-electron chi connectivity index (χ2n) is 4.32. The Labute approximate surface area is 107 Å². The third-order valence-corrected chi connectivity index (χ3v) is 2.89. The van der Waals surface area contributed by atoms with Crippen LogP contribution in [-0.4, -0.2) is 12.3 Å². The largest absolute Gasteiger partial charge is 0.496 e. The summed E-state index contributed by atoms with van der Waals surface area (Å²) in [5, 5.41) is 3.86. The van der Waals surface area contributed by atoms with Crippen molar-refractivity contribution in [2.24, 2.45) is 0 Å². The monoisotopic (exact) mass is 246 g/mol. The molecule has 1 aromatic carbocycles. The number of aromatic nitrogens is 1. The molecule has 18 heavy (non-hydrogen) atoms. The van der Waals surface area contributed by atoms with E-state index in [2.05, 4.69) is 12.1 Å². The summed E-state index contributed by atoms with van der Waals surface area (Å²) in [6.45, 7) is 4.13. The average Bonchev–Trinajstić information content (AvgIpc) is 2.71. The van der Waals surface area contributed by atoms with Crippen LogP contribution in [0.15, 0.2) is 22.7 Å². The van der Waals surface area contributed by atoms with Gasteiger partial charge >= 0.3 is 0 Å². The highest BCUT2D eigenvalue weighted by Gasteiger charge is 2.18. The Hall–Kier alpha value is -1.97. The minimum Gasteiger partial charge on any atom is -0.496 e. The van der Waals surface area contributed by atoms with Gasteiger partial charge in [-0.1, -0.05) is 23.7 Å². The van der Waals surface area contributed by atoms with Crippen molar-refractivity contribution >= 4 is 5.82 Å². The number of ether oxygens (including phenoxy) is 1. The summed E-state index contributed by atoms with van der Waals surface area (Å²) < 4.78 is 10.7. The maximum atomic E-state index is 5.92. The summed E-state index contributed by atoms with van der Waals surface area (Å²) in [6.07, 6.45) is 1.80. The molecule has 4 heteroatoms. The predicted octanol–water partition coefficient (Wildman–Crippen LogP) is 3.19. The molecular weight excluding hydrogens is 228 g/mol. The molecule has 96 valence electrons. The second-order valence-corrected chi connectivity index (χ2v) is 4.32. The summed E-state index contributed by atoms with van der Waals surface area (Å²) in [7, 11) is 1.65. The summed E-state index contributed by atoms with van der Waals surface area (Å²) >= 11 is 0. The van der Waals surface area contributed by atoms with Crippen LogP contribution in [0.25, 0.3) is 11.1 Å². The first-order valence-corrected chi connectivity index (χ1v) is 6.06. The Bertz CT molecular complexity index is 547. The van der Waals surface area contributed by atoms with Crippen molar-refractivity contribution in [3.05, 3.63) is 29.5 Å². The molecule has 4 nitrogen and oxygen atoms in total. The molecule has 0 amide bonds. The number of benzene rings is 1. The van der Waals surface area contributed by atoms with Gasteiger partial charge in [-0.05, 0) is 25.5 Å². The SMILES string of the molecule is CCCc1onc(N)c1-c1cc(C)ccc1OC. The zero-order valence-corrected chi connectivity index (χ0v) is 11.0. The van der Waals surface area contributed by atoms with E-state index in [1.165, 1.54) is 0 Å². The lowest BCUT2D eigenvalue weighted by Gasteiger charge is -2.09. The van der Waals surface area contributed by atoms with Crippen LogP contribution in [-0.2, 0) is 6.42 Å². The molecule has 0 aliphatic heterocycles. The van der Waals surface area contributed by atoms with Crippen molar-refractivity contribution in [1.29, 1.82) is 0 Å². The first-order chi connectivity index (χ1) is 8.67. The molecule has 0 unspecified atom stereocenters. The lowest BCUT2D eigenvalue weighted by Crippen LogP contribution is -1.94. The lowest BCUT2D eigenvalue weighted by molar-refractivity contribution is 0.385.